The lowest BCUT2D eigenvalue weighted by Crippen LogP contribution is -2.52. The number of carbonyl (C=O) groups excluding carboxylic acids is 2. The van der Waals surface area contributed by atoms with E-state index >= 15 is 0 Å². The number of amides is 2. The number of hydrogen-bond acceptors (Lipinski definition) is 4. The van der Waals surface area contributed by atoms with Crippen molar-refractivity contribution in [2.75, 3.05) is 6.54 Å². The molecule has 3 atom stereocenters. The number of nitrogens with one attached hydrogen (secondary N) is 1. The molecule has 0 spiro atoms. The normalized spacial score (nSPS) is 20.8. The summed E-state index contributed by atoms with van der Waals surface area (Å²) in [5.41, 5.74) is -0.673. The molecule has 154 valence electrons. The Kier molecular flexibility index (Phi) is 8.79. The molecule has 1 rings (SSSR count). The van der Waals surface area contributed by atoms with Crippen LogP contribution in [0.1, 0.15) is 66.2 Å². The molecule has 7 nitrogen and oxygen atoms in total. The van der Waals surface area contributed by atoms with Crippen molar-refractivity contribution in [2.45, 2.75) is 83.9 Å². The summed E-state index contributed by atoms with van der Waals surface area (Å²) < 4.78 is 5.27. The van der Waals surface area contributed by atoms with Crippen LogP contribution in [0.25, 0.3) is 0 Å². The van der Waals surface area contributed by atoms with E-state index in [1.165, 1.54) is 4.90 Å². The van der Waals surface area contributed by atoms with E-state index in [9.17, 15) is 19.5 Å². The molecular formula is C20H34N2O5. The van der Waals surface area contributed by atoms with Gasteiger partial charge >= 0.3 is 12.1 Å². The number of nitrogens with zero attached hydrogens (tertiary/aromatic N) is 1. The van der Waals surface area contributed by atoms with Crippen molar-refractivity contribution in [3.63, 3.8) is 0 Å². The minimum Gasteiger partial charge on any atom is -0.480 e. The number of hydrogen-bond donors (Lipinski definition) is 2. The number of aliphatic carboxylic acids is 1. The molecule has 0 saturated carbocycles. The molecule has 1 aliphatic rings. The third-order valence-electron chi connectivity index (χ3n) is 4.47. The smallest absolute Gasteiger partial charge is 0.408 e. The fourth-order valence-corrected chi connectivity index (χ4v) is 3.24. The van der Waals surface area contributed by atoms with Gasteiger partial charge in [0.1, 0.15) is 17.7 Å². The van der Waals surface area contributed by atoms with Crippen LogP contribution in [0.15, 0.2) is 12.7 Å². The highest BCUT2D eigenvalue weighted by Gasteiger charge is 2.40. The van der Waals surface area contributed by atoms with Crippen molar-refractivity contribution in [2.24, 2.45) is 5.92 Å². The summed E-state index contributed by atoms with van der Waals surface area (Å²) in [5, 5.41) is 12.1. The molecule has 0 aromatic carbocycles. The number of carboxylic acids is 1. The minimum atomic E-state index is -1.00. The summed E-state index contributed by atoms with van der Waals surface area (Å²) in [6.45, 7) is 11.3. The molecule has 0 bridgehead atoms. The van der Waals surface area contributed by atoms with Crippen LogP contribution in [0.5, 0.6) is 0 Å². The maximum absolute atomic E-state index is 13.0. The lowest BCUT2D eigenvalue weighted by atomic mass is 10.1. The van der Waals surface area contributed by atoms with Gasteiger partial charge in [-0.25, -0.2) is 9.59 Å². The number of alkyl carbamates (subject to hydrolysis) is 1. The van der Waals surface area contributed by atoms with E-state index in [2.05, 4.69) is 11.9 Å². The monoisotopic (exact) mass is 382 g/mol. The highest BCUT2D eigenvalue weighted by molar-refractivity contribution is 5.89. The van der Waals surface area contributed by atoms with E-state index in [-0.39, 0.29) is 11.8 Å². The first kappa shape index (κ1) is 23.0. The first-order valence-corrected chi connectivity index (χ1v) is 9.69. The second kappa shape index (κ2) is 10.3. The fraction of sp³-hybridized carbons (Fsp3) is 0.750. The molecule has 2 amide bonds. The molecule has 0 aliphatic carbocycles. The third kappa shape index (κ3) is 8.01. The lowest BCUT2D eigenvalue weighted by Gasteiger charge is -2.28. The van der Waals surface area contributed by atoms with Crippen LogP contribution in [-0.4, -0.2) is 52.2 Å². The molecule has 1 heterocycles. The van der Waals surface area contributed by atoms with Gasteiger partial charge in [-0.2, -0.15) is 0 Å². The fourth-order valence-electron chi connectivity index (χ4n) is 3.24. The van der Waals surface area contributed by atoms with E-state index in [1.54, 1.807) is 20.8 Å². The Morgan fingerprint density at radius 3 is 2.52 bits per heavy atom. The second-order valence-corrected chi connectivity index (χ2v) is 8.31. The predicted molar refractivity (Wildman–Crippen MR) is 103 cm³/mol. The van der Waals surface area contributed by atoms with Crippen molar-refractivity contribution in [3.05, 3.63) is 12.7 Å². The zero-order valence-corrected chi connectivity index (χ0v) is 17.0. The third-order valence-corrected chi connectivity index (χ3v) is 4.47. The summed E-state index contributed by atoms with van der Waals surface area (Å²) in [6, 6.07) is -1.62. The van der Waals surface area contributed by atoms with Crippen LogP contribution >= 0.6 is 0 Å². The summed E-state index contributed by atoms with van der Waals surface area (Å²) in [6.07, 6.45) is 5.60. The highest BCUT2D eigenvalue weighted by Crippen LogP contribution is 2.25. The Hall–Kier alpha value is -2.05. The summed E-state index contributed by atoms with van der Waals surface area (Å²) >= 11 is 0. The molecule has 1 fully saturated rings. The molecule has 0 aromatic rings. The maximum Gasteiger partial charge on any atom is 0.408 e. The SMILES string of the molecule is C=CCCCCC[C@H](NC(=O)OC(C)(C)C)C(=O)N1C[C@H](C)C[C@H]1C(=O)O. The Balaban J connectivity index is 2.81. The average Bonchev–Trinajstić information content (AvgIpc) is 2.93. The van der Waals surface area contributed by atoms with Gasteiger partial charge in [0.25, 0.3) is 0 Å². The Morgan fingerprint density at radius 1 is 1.30 bits per heavy atom. The number of likely N-dealkylation sites (tertiary alicyclic amines) is 1. The number of unbranched alkanes of at least 4 members (excludes halogenated alkanes) is 3. The largest absolute Gasteiger partial charge is 0.480 e. The van der Waals surface area contributed by atoms with Gasteiger partial charge in [0, 0.05) is 6.54 Å². The van der Waals surface area contributed by atoms with Crippen LogP contribution in [0, 0.1) is 5.92 Å². The molecule has 1 saturated heterocycles. The van der Waals surface area contributed by atoms with Gasteiger partial charge in [-0.05, 0) is 52.4 Å². The quantitative estimate of drug-likeness (QED) is 0.471. The lowest BCUT2D eigenvalue weighted by molar-refractivity contribution is -0.149. The second-order valence-electron chi connectivity index (χ2n) is 8.31. The van der Waals surface area contributed by atoms with E-state index in [1.807, 2.05) is 13.0 Å². The van der Waals surface area contributed by atoms with Gasteiger partial charge in [0.15, 0.2) is 0 Å². The van der Waals surface area contributed by atoms with E-state index in [0.29, 0.717) is 19.4 Å². The Morgan fingerprint density at radius 2 is 1.96 bits per heavy atom. The summed E-state index contributed by atoms with van der Waals surface area (Å²) in [7, 11) is 0. The van der Waals surface area contributed by atoms with Crippen LogP contribution < -0.4 is 5.32 Å². The van der Waals surface area contributed by atoms with Gasteiger partial charge in [-0.1, -0.05) is 25.8 Å². The van der Waals surface area contributed by atoms with Gasteiger partial charge < -0.3 is 20.1 Å². The molecule has 0 unspecified atom stereocenters. The first-order valence-electron chi connectivity index (χ1n) is 9.69. The Bertz CT molecular complexity index is 541. The molecule has 1 aliphatic heterocycles. The number of allylic oxidation sites excluding steroid dienone is 1. The number of carbonyl (C=O) groups is 3. The van der Waals surface area contributed by atoms with Crippen LogP contribution in [-0.2, 0) is 14.3 Å². The number of ether oxygens (including phenoxy) is 1. The van der Waals surface area contributed by atoms with Gasteiger partial charge in [0.2, 0.25) is 5.91 Å². The standard InChI is InChI=1S/C20H34N2O5/c1-6-7-8-9-10-11-15(21-19(26)27-20(3,4)5)17(23)22-13-14(2)12-16(22)18(24)25/h6,14-16H,1,7-13H2,2-5H3,(H,21,26)(H,24,25)/t14-,15+,16+/m1/s1. The topological polar surface area (TPSA) is 95.9 Å². The molecule has 27 heavy (non-hydrogen) atoms. The van der Waals surface area contributed by atoms with Gasteiger partial charge in [0.05, 0.1) is 0 Å². The maximum atomic E-state index is 13.0. The Labute approximate surface area is 162 Å². The predicted octanol–water partition coefficient (Wildman–Crippen LogP) is 3.34. The van der Waals surface area contributed by atoms with E-state index in [4.69, 9.17) is 4.74 Å². The minimum absolute atomic E-state index is 0.116. The molecular weight excluding hydrogens is 348 g/mol. The van der Waals surface area contributed by atoms with Crippen molar-refractivity contribution in [1.29, 1.82) is 0 Å². The number of rotatable bonds is 9. The number of carboxylic acid groups (broad SMARTS) is 1. The van der Waals surface area contributed by atoms with Crippen molar-refractivity contribution in [3.8, 4) is 0 Å². The molecule has 0 aromatic heterocycles. The zero-order chi connectivity index (χ0) is 20.6. The van der Waals surface area contributed by atoms with Crippen molar-refractivity contribution >= 4 is 18.0 Å². The summed E-state index contributed by atoms with van der Waals surface area (Å²) in [4.78, 5) is 38.1. The van der Waals surface area contributed by atoms with Crippen molar-refractivity contribution < 1.29 is 24.2 Å². The van der Waals surface area contributed by atoms with E-state index in [0.717, 1.165) is 25.7 Å². The van der Waals surface area contributed by atoms with Crippen LogP contribution in [0.3, 0.4) is 0 Å². The van der Waals surface area contributed by atoms with Gasteiger partial charge in [-0.3, -0.25) is 4.79 Å². The zero-order valence-electron chi connectivity index (χ0n) is 17.0. The first-order chi connectivity index (χ1) is 12.5. The summed E-state index contributed by atoms with van der Waals surface area (Å²) in [5.74, 6) is -1.24. The van der Waals surface area contributed by atoms with Crippen molar-refractivity contribution in [1.82, 2.24) is 10.2 Å². The van der Waals surface area contributed by atoms with Crippen LogP contribution in [0.2, 0.25) is 0 Å². The molecule has 2 N–H and O–H groups in total. The highest BCUT2D eigenvalue weighted by atomic mass is 16.6. The molecule has 7 heteroatoms. The van der Waals surface area contributed by atoms with Gasteiger partial charge in [-0.15, -0.1) is 6.58 Å². The molecule has 0 radical (unpaired) electrons. The average molecular weight is 383 g/mol. The van der Waals surface area contributed by atoms with Crippen LogP contribution in [0.4, 0.5) is 4.79 Å². The van der Waals surface area contributed by atoms with E-state index < -0.39 is 29.7 Å².